The fourth-order valence-corrected chi connectivity index (χ4v) is 7.58. The molecule has 0 spiro atoms. The highest BCUT2D eigenvalue weighted by molar-refractivity contribution is 6.11. The molecule has 234 valence electrons. The zero-order valence-electron chi connectivity index (χ0n) is 27.2. The van der Waals surface area contributed by atoms with Crippen molar-refractivity contribution in [1.82, 2.24) is 14.1 Å². The van der Waals surface area contributed by atoms with Crippen molar-refractivity contribution in [2.24, 2.45) is 0 Å². The monoisotopic (exact) mass is 637 g/mol. The summed E-state index contributed by atoms with van der Waals surface area (Å²) in [6.07, 6.45) is 0. The Hall–Kier alpha value is -6.71. The van der Waals surface area contributed by atoms with Crippen LogP contribution in [0.5, 0.6) is 0 Å². The maximum Gasteiger partial charge on any atom is 0.140 e. The van der Waals surface area contributed by atoms with E-state index in [1.165, 1.54) is 43.8 Å². The van der Waals surface area contributed by atoms with Crippen LogP contribution in [0, 0.1) is 0 Å². The van der Waals surface area contributed by atoms with E-state index in [2.05, 4.69) is 197 Å². The summed E-state index contributed by atoms with van der Waals surface area (Å²) in [6.45, 7) is 0. The van der Waals surface area contributed by atoms with Crippen LogP contribution in [0.4, 0.5) is 0 Å². The van der Waals surface area contributed by atoms with Crippen molar-refractivity contribution >= 4 is 43.6 Å². The second kappa shape index (κ2) is 11.5. The van der Waals surface area contributed by atoms with Crippen molar-refractivity contribution in [3.8, 4) is 45.0 Å². The van der Waals surface area contributed by atoms with E-state index in [4.69, 9.17) is 4.98 Å². The first-order valence-electron chi connectivity index (χ1n) is 17.1. The van der Waals surface area contributed by atoms with E-state index in [1.807, 2.05) is 0 Å². The molecule has 0 aliphatic rings. The highest BCUT2D eigenvalue weighted by atomic mass is 15.1. The predicted molar refractivity (Wildman–Crippen MR) is 209 cm³/mol. The van der Waals surface area contributed by atoms with Crippen LogP contribution in [0.15, 0.2) is 188 Å². The van der Waals surface area contributed by atoms with Crippen LogP contribution in [0.3, 0.4) is 0 Å². The third-order valence-electron chi connectivity index (χ3n) is 9.93. The summed E-state index contributed by atoms with van der Waals surface area (Å²) in [4.78, 5) is 5.58. The number of hydrogen-bond acceptors (Lipinski definition) is 1. The van der Waals surface area contributed by atoms with Crippen molar-refractivity contribution in [2.75, 3.05) is 0 Å². The standard InChI is InChI=1S/C47H31N3/c1-4-14-32(15-5-1)35-24-26-40-38-20-10-12-22-42(38)49(44(40)28-35)46-30-37(34-18-8-3-9-19-34)31-47(48-46)50-43-23-13-11-21-39(43)41-27-25-36(29-45(41)50)33-16-6-2-7-17-33/h1-31H. The summed E-state index contributed by atoms with van der Waals surface area (Å²) in [5, 5.41) is 4.83. The van der Waals surface area contributed by atoms with E-state index >= 15 is 0 Å². The Balaban J connectivity index is 1.30. The van der Waals surface area contributed by atoms with Crippen LogP contribution in [-0.4, -0.2) is 14.1 Å². The summed E-state index contributed by atoms with van der Waals surface area (Å²) in [7, 11) is 0. The number of benzene rings is 7. The van der Waals surface area contributed by atoms with Crippen LogP contribution in [-0.2, 0) is 0 Å². The van der Waals surface area contributed by atoms with E-state index in [0.29, 0.717) is 0 Å². The first-order chi connectivity index (χ1) is 24.8. The van der Waals surface area contributed by atoms with Gasteiger partial charge in [-0.3, -0.25) is 9.13 Å². The number of aromatic nitrogens is 3. The fourth-order valence-electron chi connectivity index (χ4n) is 7.58. The van der Waals surface area contributed by atoms with Gasteiger partial charge in [-0.1, -0.05) is 152 Å². The molecule has 0 bridgehead atoms. The Morgan fingerprint density at radius 2 is 0.620 bits per heavy atom. The predicted octanol–water partition coefficient (Wildman–Crippen LogP) is 12.3. The Kier molecular flexibility index (Phi) is 6.49. The summed E-state index contributed by atoms with van der Waals surface area (Å²) in [6, 6.07) is 67.3. The molecule has 0 N–H and O–H groups in total. The molecule has 3 heteroatoms. The molecule has 0 amide bonds. The first kappa shape index (κ1) is 28.3. The van der Waals surface area contributed by atoms with Crippen molar-refractivity contribution < 1.29 is 0 Å². The smallest absolute Gasteiger partial charge is 0.140 e. The lowest BCUT2D eigenvalue weighted by atomic mass is 10.0. The summed E-state index contributed by atoms with van der Waals surface area (Å²) in [5.74, 6) is 1.76. The maximum atomic E-state index is 5.58. The highest BCUT2D eigenvalue weighted by Crippen LogP contribution is 2.38. The fraction of sp³-hybridized carbons (Fsp3) is 0. The van der Waals surface area contributed by atoms with E-state index < -0.39 is 0 Å². The molecule has 10 rings (SSSR count). The van der Waals surface area contributed by atoms with Crippen LogP contribution in [0.2, 0.25) is 0 Å². The van der Waals surface area contributed by atoms with Crippen LogP contribution in [0.1, 0.15) is 0 Å². The molecular formula is C47H31N3. The molecule has 0 atom stereocenters. The van der Waals surface area contributed by atoms with Gasteiger partial charge in [0.05, 0.1) is 22.1 Å². The second-order valence-corrected chi connectivity index (χ2v) is 12.8. The zero-order chi connectivity index (χ0) is 33.0. The number of para-hydroxylation sites is 2. The van der Waals surface area contributed by atoms with Crippen molar-refractivity contribution in [3.05, 3.63) is 188 Å². The van der Waals surface area contributed by atoms with Crippen LogP contribution >= 0.6 is 0 Å². The van der Waals surface area contributed by atoms with Gasteiger partial charge in [0.1, 0.15) is 11.6 Å². The third-order valence-corrected chi connectivity index (χ3v) is 9.93. The molecule has 3 nitrogen and oxygen atoms in total. The zero-order valence-corrected chi connectivity index (χ0v) is 27.2. The van der Waals surface area contributed by atoms with Gasteiger partial charge in [0.2, 0.25) is 0 Å². The number of nitrogens with zero attached hydrogens (tertiary/aromatic N) is 3. The third kappa shape index (κ3) is 4.56. The summed E-state index contributed by atoms with van der Waals surface area (Å²) >= 11 is 0. The molecule has 0 fully saturated rings. The molecule has 10 aromatic rings. The molecule has 0 saturated carbocycles. The van der Waals surface area contributed by atoms with Crippen molar-refractivity contribution in [3.63, 3.8) is 0 Å². The van der Waals surface area contributed by atoms with Gasteiger partial charge in [0.25, 0.3) is 0 Å². The lowest BCUT2D eigenvalue weighted by molar-refractivity contribution is 1.01. The molecule has 50 heavy (non-hydrogen) atoms. The second-order valence-electron chi connectivity index (χ2n) is 12.8. The normalized spacial score (nSPS) is 11.6. The average molecular weight is 638 g/mol. The molecule has 7 aromatic carbocycles. The van der Waals surface area contributed by atoms with Gasteiger partial charge in [0.15, 0.2) is 0 Å². The minimum absolute atomic E-state index is 0.878. The largest absolute Gasteiger partial charge is 0.294 e. The van der Waals surface area contributed by atoms with E-state index in [-0.39, 0.29) is 0 Å². The maximum absolute atomic E-state index is 5.58. The Morgan fingerprint density at radius 3 is 1.06 bits per heavy atom. The van der Waals surface area contributed by atoms with Gasteiger partial charge in [-0.05, 0) is 69.8 Å². The lowest BCUT2D eigenvalue weighted by Crippen LogP contribution is -2.04. The van der Waals surface area contributed by atoms with E-state index in [1.54, 1.807) is 0 Å². The van der Waals surface area contributed by atoms with Gasteiger partial charge >= 0.3 is 0 Å². The highest BCUT2D eigenvalue weighted by Gasteiger charge is 2.19. The van der Waals surface area contributed by atoms with Crippen molar-refractivity contribution in [1.29, 1.82) is 0 Å². The molecule has 0 aliphatic heterocycles. The van der Waals surface area contributed by atoms with E-state index in [9.17, 15) is 0 Å². The van der Waals surface area contributed by atoms with Gasteiger partial charge in [-0.25, -0.2) is 4.98 Å². The molecular weight excluding hydrogens is 607 g/mol. The van der Waals surface area contributed by atoms with Gasteiger partial charge in [-0.2, -0.15) is 0 Å². The topological polar surface area (TPSA) is 22.8 Å². The van der Waals surface area contributed by atoms with Gasteiger partial charge in [-0.15, -0.1) is 0 Å². The minimum Gasteiger partial charge on any atom is -0.294 e. The lowest BCUT2D eigenvalue weighted by Gasteiger charge is -2.15. The number of pyridine rings is 1. The molecule has 0 saturated heterocycles. The molecule has 3 heterocycles. The number of fused-ring (bicyclic) bond motifs is 6. The molecule has 3 aromatic heterocycles. The Bertz CT molecular complexity index is 2670. The van der Waals surface area contributed by atoms with E-state index in [0.717, 1.165) is 44.8 Å². The molecule has 0 aliphatic carbocycles. The average Bonchev–Trinajstić information content (AvgIpc) is 3.71. The molecule has 0 unspecified atom stereocenters. The first-order valence-corrected chi connectivity index (χ1v) is 17.1. The van der Waals surface area contributed by atoms with Crippen LogP contribution < -0.4 is 0 Å². The van der Waals surface area contributed by atoms with Crippen LogP contribution in [0.25, 0.3) is 88.6 Å². The SMILES string of the molecule is c1ccc(-c2cc(-n3c4ccccc4c4ccc(-c5ccccc5)cc43)nc(-n3c4ccccc4c4ccc(-c5ccccc5)cc43)c2)cc1. The van der Waals surface area contributed by atoms with Gasteiger partial charge < -0.3 is 0 Å². The quantitative estimate of drug-likeness (QED) is 0.184. The Morgan fingerprint density at radius 1 is 0.260 bits per heavy atom. The molecule has 0 radical (unpaired) electrons. The summed E-state index contributed by atoms with van der Waals surface area (Å²) in [5.41, 5.74) is 11.5. The number of hydrogen-bond donors (Lipinski definition) is 0. The van der Waals surface area contributed by atoms with Gasteiger partial charge in [0, 0.05) is 21.5 Å². The summed E-state index contributed by atoms with van der Waals surface area (Å²) < 4.78 is 4.69. The number of rotatable bonds is 5. The Labute approximate surface area is 290 Å². The van der Waals surface area contributed by atoms with Crippen molar-refractivity contribution in [2.45, 2.75) is 0 Å². The minimum atomic E-state index is 0.878.